The number of nitrogens with two attached hydrogens (primary N) is 1. The topological polar surface area (TPSA) is 109 Å². The maximum atomic E-state index is 10.9. The molecule has 6 nitrogen and oxygen atoms in total. The van der Waals surface area contributed by atoms with E-state index in [1.165, 1.54) is 6.92 Å². The summed E-state index contributed by atoms with van der Waals surface area (Å²) in [5.74, 6) is -1.48. The summed E-state index contributed by atoms with van der Waals surface area (Å²) in [6.45, 7) is 1.45. The molecule has 0 spiro atoms. The minimum atomic E-state index is -1.29. The summed E-state index contributed by atoms with van der Waals surface area (Å²) in [6, 6.07) is 0. The molecular formula is C6H7N3O3. The molecule has 1 rings (SSSR count). The van der Waals surface area contributed by atoms with Crippen molar-refractivity contribution in [2.45, 2.75) is 6.92 Å². The van der Waals surface area contributed by atoms with Crippen molar-refractivity contribution in [2.75, 3.05) is 5.73 Å². The summed E-state index contributed by atoms with van der Waals surface area (Å²) in [4.78, 5) is 26.9. The van der Waals surface area contributed by atoms with Gasteiger partial charge in [-0.3, -0.25) is 4.79 Å². The quantitative estimate of drug-likeness (QED) is 0.518. The Morgan fingerprint density at radius 2 is 2.25 bits per heavy atom. The number of nitrogen functional groups attached to an aromatic ring is 1. The molecule has 0 aliphatic carbocycles. The van der Waals surface area contributed by atoms with Gasteiger partial charge in [-0.2, -0.15) is 0 Å². The van der Waals surface area contributed by atoms with Crippen molar-refractivity contribution < 1.29 is 9.90 Å². The molecule has 12 heavy (non-hydrogen) atoms. The predicted octanol–water partition coefficient (Wildman–Crippen LogP) is -0.641. The van der Waals surface area contributed by atoms with Gasteiger partial charge in [-0.1, -0.05) is 0 Å². The average Bonchev–Trinajstić information content (AvgIpc) is 1.96. The molecule has 0 saturated carbocycles. The number of rotatable bonds is 1. The number of aromatic amines is 1. The average molecular weight is 169 g/mol. The molecule has 0 saturated heterocycles. The standard InChI is InChI=1S/C6H7N3O3/c1-2-5(10)9-3(6(11)12)4(7)8-2/h1H3,(H2,7,8)(H,9,10)(H,11,12). The number of aromatic carboxylic acids is 1. The molecule has 1 heterocycles. The third kappa shape index (κ3) is 1.26. The van der Waals surface area contributed by atoms with Gasteiger partial charge in [-0.05, 0) is 6.92 Å². The highest BCUT2D eigenvalue weighted by Gasteiger charge is 2.10. The fraction of sp³-hybridized carbons (Fsp3) is 0.167. The van der Waals surface area contributed by atoms with Crippen molar-refractivity contribution in [3.05, 3.63) is 21.7 Å². The van der Waals surface area contributed by atoms with Gasteiger partial charge in [0.25, 0.3) is 5.56 Å². The van der Waals surface area contributed by atoms with Gasteiger partial charge in [0.15, 0.2) is 11.5 Å². The summed E-state index contributed by atoms with van der Waals surface area (Å²) in [5, 5.41) is 8.49. The molecule has 0 aromatic carbocycles. The van der Waals surface area contributed by atoms with Crippen LogP contribution in [-0.2, 0) is 0 Å². The number of carboxylic acids is 1. The molecule has 6 heteroatoms. The van der Waals surface area contributed by atoms with Gasteiger partial charge in [0.1, 0.15) is 5.69 Å². The summed E-state index contributed by atoms with van der Waals surface area (Å²) >= 11 is 0. The van der Waals surface area contributed by atoms with Crippen molar-refractivity contribution in [3.8, 4) is 0 Å². The summed E-state index contributed by atoms with van der Waals surface area (Å²) in [5.41, 5.74) is 4.47. The smallest absolute Gasteiger partial charge is 0.356 e. The van der Waals surface area contributed by atoms with E-state index in [4.69, 9.17) is 10.8 Å². The summed E-state index contributed by atoms with van der Waals surface area (Å²) < 4.78 is 0. The highest BCUT2D eigenvalue weighted by atomic mass is 16.4. The van der Waals surface area contributed by atoms with E-state index in [0.717, 1.165) is 0 Å². The van der Waals surface area contributed by atoms with Crippen molar-refractivity contribution >= 4 is 11.8 Å². The van der Waals surface area contributed by atoms with Crippen LogP contribution in [0.5, 0.6) is 0 Å². The third-order valence-corrected chi connectivity index (χ3v) is 1.33. The van der Waals surface area contributed by atoms with Crippen LogP contribution in [-0.4, -0.2) is 21.0 Å². The van der Waals surface area contributed by atoms with E-state index in [9.17, 15) is 9.59 Å². The van der Waals surface area contributed by atoms with Crippen molar-refractivity contribution in [1.82, 2.24) is 9.97 Å². The Bertz CT molecular complexity index is 382. The van der Waals surface area contributed by atoms with Crippen LogP contribution >= 0.6 is 0 Å². The molecule has 1 aromatic rings. The molecule has 0 bridgehead atoms. The Hall–Kier alpha value is -1.85. The molecule has 0 atom stereocenters. The third-order valence-electron chi connectivity index (χ3n) is 1.33. The maximum absolute atomic E-state index is 10.9. The first-order valence-electron chi connectivity index (χ1n) is 3.12. The van der Waals surface area contributed by atoms with E-state index < -0.39 is 11.5 Å². The second-order valence-corrected chi connectivity index (χ2v) is 2.22. The molecule has 64 valence electrons. The molecule has 0 fully saturated rings. The normalized spacial score (nSPS) is 9.75. The van der Waals surface area contributed by atoms with E-state index in [0.29, 0.717) is 0 Å². The Balaban J connectivity index is 3.43. The SMILES string of the molecule is Cc1nc(N)c(C(=O)O)[nH]c1=O. The number of aryl methyl sites for hydroxylation is 1. The Kier molecular flexibility index (Phi) is 1.82. The highest BCUT2D eigenvalue weighted by Crippen LogP contribution is 2.01. The zero-order valence-corrected chi connectivity index (χ0v) is 6.29. The van der Waals surface area contributed by atoms with Crippen LogP contribution in [0.25, 0.3) is 0 Å². The first-order chi connectivity index (χ1) is 5.52. The minimum Gasteiger partial charge on any atom is -0.476 e. The van der Waals surface area contributed by atoms with Crippen LogP contribution in [0.1, 0.15) is 16.2 Å². The molecule has 0 amide bonds. The second kappa shape index (κ2) is 2.65. The number of nitrogens with zero attached hydrogens (tertiary/aromatic N) is 1. The number of carbonyl (C=O) groups is 1. The number of anilines is 1. The van der Waals surface area contributed by atoms with Gasteiger partial charge in [0.2, 0.25) is 0 Å². The van der Waals surface area contributed by atoms with E-state index >= 15 is 0 Å². The number of nitrogens with one attached hydrogen (secondary N) is 1. The lowest BCUT2D eigenvalue weighted by Crippen LogP contribution is -2.19. The van der Waals surface area contributed by atoms with Gasteiger partial charge in [0, 0.05) is 0 Å². The molecule has 1 aromatic heterocycles. The lowest BCUT2D eigenvalue weighted by Gasteiger charge is -1.98. The monoisotopic (exact) mass is 169 g/mol. The number of hydrogen-bond acceptors (Lipinski definition) is 4. The van der Waals surface area contributed by atoms with Gasteiger partial charge in [-0.15, -0.1) is 0 Å². The highest BCUT2D eigenvalue weighted by molar-refractivity contribution is 5.90. The van der Waals surface area contributed by atoms with Crippen LogP contribution in [0.15, 0.2) is 4.79 Å². The Morgan fingerprint density at radius 1 is 1.67 bits per heavy atom. The first kappa shape index (κ1) is 8.25. The van der Waals surface area contributed by atoms with Gasteiger partial charge in [0.05, 0.1) is 0 Å². The van der Waals surface area contributed by atoms with E-state index in [1.807, 2.05) is 0 Å². The fourth-order valence-corrected chi connectivity index (χ4v) is 0.718. The number of aromatic nitrogens is 2. The molecular weight excluding hydrogens is 162 g/mol. The van der Waals surface area contributed by atoms with Crippen molar-refractivity contribution in [1.29, 1.82) is 0 Å². The van der Waals surface area contributed by atoms with Crippen molar-refractivity contribution in [3.63, 3.8) is 0 Å². The minimum absolute atomic E-state index is 0.150. The van der Waals surface area contributed by atoms with Crippen LogP contribution in [0.2, 0.25) is 0 Å². The lowest BCUT2D eigenvalue weighted by molar-refractivity contribution is 0.0691. The number of carboxylic acid groups (broad SMARTS) is 1. The summed E-state index contributed by atoms with van der Waals surface area (Å²) in [6.07, 6.45) is 0. The van der Waals surface area contributed by atoms with Gasteiger partial charge in [-0.25, -0.2) is 9.78 Å². The van der Waals surface area contributed by atoms with Crippen LogP contribution < -0.4 is 11.3 Å². The predicted molar refractivity (Wildman–Crippen MR) is 41.0 cm³/mol. The zero-order chi connectivity index (χ0) is 9.30. The first-order valence-corrected chi connectivity index (χ1v) is 3.12. The Morgan fingerprint density at radius 3 is 2.75 bits per heavy atom. The second-order valence-electron chi connectivity index (χ2n) is 2.22. The van der Waals surface area contributed by atoms with Crippen LogP contribution in [0.3, 0.4) is 0 Å². The molecule has 0 unspecified atom stereocenters. The number of H-pyrrole nitrogens is 1. The van der Waals surface area contributed by atoms with E-state index in [1.54, 1.807) is 0 Å². The van der Waals surface area contributed by atoms with E-state index in [-0.39, 0.29) is 17.2 Å². The van der Waals surface area contributed by atoms with Crippen LogP contribution in [0, 0.1) is 6.92 Å². The largest absolute Gasteiger partial charge is 0.476 e. The van der Waals surface area contributed by atoms with E-state index in [2.05, 4.69) is 9.97 Å². The lowest BCUT2D eigenvalue weighted by atomic mass is 10.4. The van der Waals surface area contributed by atoms with Gasteiger partial charge >= 0.3 is 5.97 Å². The Labute approximate surface area is 67.1 Å². The maximum Gasteiger partial charge on any atom is 0.356 e. The molecule has 0 radical (unpaired) electrons. The van der Waals surface area contributed by atoms with Gasteiger partial charge < -0.3 is 15.8 Å². The summed E-state index contributed by atoms with van der Waals surface area (Å²) in [7, 11) is 0. The fourth-order valence-electron chi connectivity index (χ4n) is 0.718. The number of hydrogen-bond donors (Lipinski definition) is 3. The molecule has 0 aliphatic heterocycles. The molecule has 0 aliphatic rings. The molecule has 4 N–H and O–H groups in total. The van der Waals surface area contributed by atoms with Crippen LogP contribution in [0.4, 0.5) is 5.82 Å². The zero-order valence-electron chi connectivity index (χ0n) is 6.29. The van der Waals surface area contributed by atoms with Crippen molar-refractivity contribution in [2.24, 2.45) is 0 Å².